The van der Waals surface area contributed by atoms with Crippen LogP contribution in [0.5, 0.6) is 0 Å². The molecule has 0 saturated carbocycles. The lowest BCUT2D eigenvalue weighted by Gasteiger charge is -2.27. The summed E-state index contributed by atoms with van der Waals surface area (Å²) in [6, 6.07) is 0. The van der Waals surface area contributed by atoms with Gasteiger partial charge in [-0.1, -0.05) is 0 Å². The number of hydrogen-bond acceptors (Lipinski definition) is 3. The maximum absolute atomic E-state index is 5.43. The van der Waals surface area contributed by atoms with Gasteiger partial charge in [0.05, 0.1) is 0 Å². The van der Waals surface area contributed by atoms with E-state index in [4.69, 9.17) is 15.4 Å². The Morgan fingerprint density at radius 2 is 1.67 bits per heavy atom. The monoisotopic (exact) mass is 177 g/mol. The van der Waals surface area contributed by atoms with E-state index >= 15 is 0 Å². The summed E-state index contributed by atoms with van der Waals surface area (Å²) in [6.07, 6.45) is 0.913. The molecule has 4 nitrogen and oxygen atoms in total. The number of hydrogen-bond donors (Lipinski definition) is 1. The number of nitrogens with zero attached hydrogens (tertiary/aromatic N) is 1. The van der Waals surface area contributed by atoms with Crippen LogP contribution in [0.25, 0.3) is 0 Å². The van der Waals surface area contributed by atoms with Crippen molar-refractivity contribution in [2.24, 2.45) is 5.73 Å². The second kappa shape index (κ2) is 6.37. The van der Waals surface area contributed by atoms with Crippen LogP contribution < -0.4 is 5.73 Å². The van der Waals surface area contributed by atoms with Crippen molar-refractivity contribution in [1.82, 2.24) is 0 Å². The molecule has 0 aliphatic rings. The first-order chi connectivity index (χ1) is 5.68. The van der Waals surface area contributed by atoms with Crippen LogP contribution in [0.1, 0.15) is 20.3 Å². The number of nitrogens with two attached hydrogens (primary N) is 1. The topological polar surface area (TPSA) is 44.5 Å². The first-order valence-corrected chi connectivity index (χ1v) is 4.53. The molecule has 0 radical (unpaired) electrons. The molecule has 0 bridgehead atoms. The minimum Gasteiger partial charge on any atom is -0.330 e. The lowest BCUT2D eigenvalue weighted by molar-refractivity contribution is -1.23. The van der Waals surface area contributed by atoms with Gasteiger partial charge in [-0.15, -0.1) is 0 Å². The van der Waals surface area contributed by atoms with Crippen molar-refractivity contribution < 1.29 is 14.5 Å². The second-order valence-electron chi connectivity index (χ2n) is 2.72. The van der Waals surface area contributed by atoms with Gasteiger partial charge in [0.1, 0.15) is 26.8 Å². The largest absolute Gasteiger partial charge is 0.330 e. The molecule has 0 aromatic heterocycles. The molecular formula is C8H21N2O2+. The summed E-state index contributed by atoms with van der Waals surface area (Å²) in [5.41, 5.74) is 5.41. The van der Waals surface area contributed by atoms with E-state index in [0.29, 0.717) is 19.8 Å². The first kappa shape index (κ1) is 11.8. The lowest BCUT2D eigenvalue weighted by atomic mass is 10.4. The zero-order valence-corrected chi connectivity index (χ0v) is 8.38. The van der Waals surface area contributed by atoms with Crippen molar-refractivity contribution in [3.63, 3.8) is 0 Å². The van der Waals surface area contributed by atoms with Gasteiger partial charge in [0.15, 0.2) is 0 Å². The number of quaternary nitrogens is 1. The van der Waals surface area contributed by atoms with Gasteiger partial charge in [-0.3, -0.25) is 0 Å². The number of hydroxylamine groups is 4. The Bertz CT molecular complexity index is 103. The molecule has 0 aliphatic heterocycles. The third kappa shape index (κ3) is 4.66. The zero-order valence-electron chi connectivity index (χ0n) is 8.38. The first-order valence-electron chi connectivity index (χ1n) is 4.53. The third-order valence-electron chi connectivity index (χ3n) is 1.57. The summed E-state index contributed by atoms with van der Waals surface area (Å²) in [5, 5.41) is 0. The Morgan fingerprint density at radius 3 is 2.00 bits per heavy atom. The van der Waals surface area contributed by atoms with Gasteiger partial charge in [0, 0.05) is 6.42 Å². The van der Waals surface area contributed by atoms with Crippen molar-refractivity contribution >= 4 is 0 Å². The second-order valence-corrected chi connectivity index (χ2v) is 2.72. The number of rotatable bonds is 7. The molecule has 0 amide bonds. The standard InChI is InChI=1S/C8H21N2O2/c1-4-11-10(3,12-5-2)8-6-7-9/h4-9H2,1-3H3/q+1. The molecule has 74 valence electrons. The Hall–Kier alpha value is -0.160. The fourth-order valence-electron chi connectivity index (χ4n) is 1.09. The maximum Gasteiger partial charge on any atom is 0.143 e. The van der Waals surface area contributed by atoms with Crippen LogP contribution in [0, 0.1) is 0 Å². The zero-order chi connectivity index (χ0) is 9.45. The highest BCUT2D eigenvalue weighted by atomic mass is 17.0. The normalized spacial score (nSPS) is 12.0. The lowest BCUT2D eigenvalue weighted by Crippen LogP contribution is -2.45. The Labute approximate surface area is 74.7 Å². The van der Waals surface area contributed by atoms with Gasteiger partial charge in [-0.05, 0) is 25.2 Å². The van der Waals surface area contributed by atoms with E-state index in [1.807, 2.05) is 20.9 Å². The van der Waals surface area contributed by atoms with E-state index in [1.165, 1.54) is 0 Å². The molecule has 0 spiro atoms. The Balaban J connectivity index is 3.80. The van der Waals surface area contributed by atoms with Crippen LogP contribution in [0.3, 0.4) is 0 Å². The fourth-order valence-corrected chi connectivity index (χ4v) is 1.09. The molecule has 0 saturated heterocycles. The predicted molar refractivity (Wildman–Crippen MR) is 48.0 cm³/mol. The molecule has 0 aliphatic carbocycles. The average molecular weight is 177 g/mol. The van der Waals surface area contributed by atoms with Crippen LogP contribution in [0.4, 0.5) is 0 Å². The molecule has 0 rings (SSSR count). The molecule has 12 heavy (non-hydrogen) atoms. The van der Waals surface area contributed by atoms with Gasteiger partial charge >= 0.3 is 0 Å². The van der Waals surface area contributed by atoms with E-state index < -0.39 is 0 Å². The molecular weight excluding hydrogens is 156 g/mol. The van der Waals surface area contributed by atoms with Crippen molar-refractivity contribution in [2.45, 2.75) is 20.3 Å². The van der Waals surface area contributed by atoms with Crippen molar-refractivity contribution in [3.8, 4) is 0 Å². The quantitative estimate of drug-likeness (QED) is 0.459. The van der Waals surface area contributed by atoms with Gasteiger partial charge in [0.2, 0.25) is 0 Å². The molecule has 0 aromatic rings. The van der Waals surface area contributed by atoms with Gasteiger partial charge in [-0.25, -0.2) is 0 Å². The average Bonchev–Trinajstić information content (AvgIpc) is 2.02. The van der Waals surface area contributed by atoms with E-state index in [1.54, 1.807) is 0 Å². The third-order valence-corrected chi connectivity index (χ3v) is 1.57. The summed E-state index contributed by atoms with van der Waals surface area (Å²) in [4.78, 5) is 11.1. The summed E-state index contributed by atoms with van der Waals surface area (Å²) in [5.74, 6) is 0. The van der Waals surface area contributed by atoms with Crippen LogP contribution in [0.2, 0.25) is 0 Å². The molecule has 0 fully saturated rings. The van der Waals surface area contributed by atoms with Crippen molar-refractivity contribution in [2.75, 3.05) is 33.4 Å². The molecule has 0 unspecified atom stereocenters. The maximum atomic E-state index is 5.43. The molecule has 2 N–H and O–H groups in total. The fraction of sp³-hybridized carbons (Fsp3) is 1.00. The van der Waals surface area contributed by atoms with Crippen LogP contribution in [0.15, 0.2) is 0 Å². The smallest absolute Gasteiger partial charge is 0.143 e. The van der Waals surface area contributed by atoms with E-state index in [0.717, 1.165) is 13.0 Å². The molecule has 0 heterocycles. The van der Waals surface area contributed by atoms with Crippen LogP contribution in [-0.2, 0) is 9.68 Å². The highest BCUT2D eigenvalue weighted by Crippen LogP contribution is 2.06. The highest BCUT2D eigenvalue weighted by Gasteiger charge is 2.23. The molecule has 4 heteroatoms. The van der Waals surface area contributed by atoms with Gasteiger partial charge in [0.25, 0.3) is 0 Å². The highest BCUT2D eigenvalue weighted by molar-refractivity contribution is 4.31. The summed E-state index contributed by atoms with van der Waals surface area (Å²) < 4.78 is 0. The summed E-state index contributed by atoms with van der Waals surface area (Å²) in [7, 11) is 1.91. The summed E-state index contributed by atoms with van der Waals surface area (Å²) in [6.45, 7) is 6.70. The van der Waals surface area contributed by atoms with Crippen LogP contribution in [-0.4, -0.2) is 38.2 Å². The van der Waals surface area contributed by atoms with E-state index in [2.05, 4.69) is 0 Å². The van der Waals surface area contributed by atoms with Gasteiger partial charge in [-0.2, -0.15) is 9.68 Å². The van der Waals surface area contributed by atoms with E-state index in [9.17, 15) is 0 Å². The minimum absolute atomic E-state index is 0.212. The van der Waals surface area contributed by atoms with Crippen molar-refractivity contribution in [1.29, 1.82) is 0 Å². The van der Waals surface area contributed by atoms with Crippen LogP contribution >= 0.6 is 0 Å². The Morgan fingerprint density at radius 1 is 1.17 bits per heavy atom. The van der Waals surface area contributed by atoms with E-state index in [-0.39, 0.29) is 4.81 Å². The minimum atomic E-state index is 0.212. The molecule has 0 atom stereocenters. The molecule has 0 aromatic carbocycles. The summed E-state index contributed by atoms with van der Waals surface area (Å²) >= 11 is 0. The predicted octanol–water partition coefficient (Wildman–Crippen LogP) is 0.685. The van der Waals surface area contributed by atoms with Crippen molar-refractivity contribution in [3.05, 3.63) is 0 Å². The van der Waals surface area contributed by atoms with Gasteiger partial charge < -0.3 is 5.73 Å². The SMILES string of the molecule is CCO[N+](C)(CCCN)OCC. The Kier molecular flexibility index (Phi) is 6.28.